The van der Waals surface area contributed by atoms with Gasteiger partial charge in [-0.15, -0.1) is 10.2 Å². The van der Waals surface area contributed by atoms with E-state index in [-0.39, 0.29) is 12.0 Å². The minimum absolute atomic E-state index is 0.00431. The molecule has 3 heterocycles. The van der Waals surface area contributed by atoms with Crippen LogP contribution in [0, 0.1) is 17.2 Å². The molecule has 1 aliphatic rings. The molecule has 0 unspecified atom stereocenters. The van der Waals surface area contributed by atoms with E-state index in [1.54, 1.807) is 6.20 Å². The summed E-state index contributed by atoms with van der Waals surface area (Å²) in [7, 11) is 1.94. The molecule has 1 fully saturated rings. The fourth-order valence-electron chi connectivity index (χ4n) is 3.59. The summed E-state index contributed by atoms with van der Waals surface area (Å²) in [5.41, 5.74) is 2.91. The second kappa shape index (κ2) is 7.10. The van der Waals surface area contributed by atoms with Gasteiger partial charge in [-0.25, -0.2) is 0 Å². The number of benzene rings is 1. The first-order chi connectivity index (χ1) is 12.8. The first-order valence-corrected chi connectivity index (χ1v) is 8.77. The van der Waals surface area contributed by atoms with Crippen LogP contribution in [0.3, 0.4) is 0 Å². The number of nitriles is 1. The molecule has 0 aliphatic carbocycles. The Morgan fingerprint density at radius 2 is 2.19 bits per heavy atom. The Kier molecular flexibility index (Phi) is 4.50. The normalized spacial score (nSPS) is 20.0. The van der Waals surface area contributed by atoms with Gasteiger partial charge in [0.15, 0.2) is 5.69 Å². The van der Waals surface area contributed by atoms with Crippen LogP contribution in [0.25, 0.3) is 10.9 Å². The van der Waals surface area contributed by atoms with E-state index in [1.165, 1.54) is 0 Å². The molecular weight excluding hydrogens is 328 g/mol. The van der Waals surface area contributed by atoms with Crippen LogP contribution in [0.15, 0.2) is 36.5 Å². The van der Waals surface area contributed by atoms with Crippen LogP contribution >= 0.6 is 0 Å². The predicted octanol–water partition coefficient (Wildman–Crippen LogP) is 2.81. The summed E-state index contributed by atoms with van der Waals surface area (Å²) in [5.74, 6) is 0.289. The average molecular weight is 348 g/mol. The highest BCUT2D eigenvalue weighted by Crippen LogP contribution is 2.34. The molecule has 0 radical (unpaired) electrons. The third-order valence-corrected chi connectivity index (χ3v) is 4.91. The standard InChI is InChI=1S/C19H20N6O/c1-25-17(8-9-22-25)19-13(5-4-10-26-19)12-21-18-14-6-2-3-7-15(14)23-24-16(18)11-20/h2-3,6-9,13,19H,4-5,10,12H2,1H3,(H,21,23)/t13-,19+/m0/s1. The molecule has 0 amide bonds. The number of hydrogen-bond acceptors (Lipinski definition) is 6. The molecule has 2 atom stereocenters. The van der Waals surface area contributed by atoms with Gasteiger partial charge in [0.25, 0.3) is 0 Å². The molecule has 1 aromatic carbocycles. The van der Waals surface area contributed by atoms with Gasteiger partial charge in [-0.1, -0.05) is 18.2 Å². The number of nitrogens with one attached hydrogen (secondary N) is 1. The summed E-state index contributed by atoms with van der Waals surface area (Å²) in [6.07, 6.45) is 3.88. The van der Waals surface area contributed by atoms with Crippen LogP contribution in [-0.2, 0) is 11.8 Å². The van der Waals surface area contributed by atoms with Gasteiger partial charge in [0, 0.05) is 37.7 Å². The second-order valence-corrected chi connectivity index (χ2v) is 6.51. The van der Waals surface area contributed by atoms with Crippen LogP contribution < -0.4 is 5.32 Å². The number of aryl methyl sites for hydroxylation is 1. The number of ether oxygens (including phenoxy) is 1. The molecule has 0 bridgehead atoms. The number of aromatic nitrogens is 4. The fraction of sp³-hybridized carbons (Fsp3) is 0.368. The van der Waals surface area contributed by atoms with E-state index >= 15 is 0 Å². The highest BCUT2D eigenvalue weighted by molar-refractivity contribution is 5.92. The lowest BCUT2D eigenvalue weighted by atomic mass is 9.92. The minimum Gasteiger partial charge on any atom is -0.382 e. The summed E-state index contributed by atoms with van der Waals surface area (Å²) in [6.45, 7) is 1.45. The molecule has 1 saturated heterocycles. The quantitative estimate of drug-likeness (QED) is 0.780. The summed E-state index contributed by atoms with van der Waals surface area (Å²) in [6, 6.07) is 11.9. The highest BCUT2D eigenvalue weighted by Gasteiger charge is 2.29. The molecule has 1 aliphatic heterocycles. The largest absolute Gasteiger partial charge is 0.382 e. The zero-order valence-electron chi connectivity index (χ0n) is 14.6. The lowest BCUT2D eigenvalue weighted by molar-refractivity contribution is -0.0284. The lowest BCUT2D eigenvalue weighted by Crippen LogP contribution is -2.30. The zero-order chi connectivity index (χ0) is 17.9. The first kappa shape index (κ1) is 16.5. The van der Waals surface area contributed by atoms with E-state index in [2.05, 4.69) is 26.7 Å². The topological polar surface area (TPSA) is 88.6 Å². The van der Waals surface area contributed by atoms with Crippen LogP contribution in [0.2, 0.25) is 0 Å². The monoisotopic (exact) mass is 348 g/mol. The van der Waals surface area contributed by atoms with E-state index in [0.717, 1.165) is 41.7 Å². The van der Waals surface area contributed by atoms with Crippen molar-refractivity contribution in [2.24, 2.45) is 13.0 Å². The van der Waals surface area contributed by atoms with Crippen molar-refractivity contribution in [3.63, 3.8) is 0 Å². The zero-order valence-corrected chi connectivity index (χ0v) is 14.6. The Bertz CT molecular complexity index is 960. The molecule has 0 saturated carbocycles. The number of nitrogens with zero attached hydrogens (tertiary/aromatic N) is 5. The third kappa shape index (κ3) is 3.00. The molecule has 26 heavy (non-hydrogen) atoms. The lowest BCUT2D eigenvalue weighted by Gasteiger charge is -2.32. The average Bonchev–Trinajstić information content (AvgIpc) is 3.12. The number of hydrogen-bond donors (Lipinski definition) is 1. The Morgan fingerprint density at radius 1 is 1.31 bits per heavy atom. The van der Waals surface area contributed by atoms with Crippen molar-refractivity contribution in [1.82, 2.24) is 20.0 Å². The van der Waals surface area contributed by atoms with Gasteiger partial charge in [-0.2, -0.15) is 10.4 Å². The molecule has 2 aromatic heterocycles. The highest BCUT2D eigenvalue weighted by atomic mass is 16.5. The van der Waals surface area contributed by atoms with Crippen LogP contribution in [0.4, 0.5) is 5.69 Å². The van der Waals surface area contributed by atoms with Gasteiger partial charge in [-0.05, 0) is 25.0 Å². The molecule has 3 aromatic rings. The van der Waals surface area contributed by atoms with Crippen molar-refractivity contribution < 1.29 is 4.74 Å². The number of rotatable bonds is 4. The Morgan fingerprint density at radius 3 is 3.00 bits per heavy atom. The molecule has 1 N–H and O–H groups in total. The second-order valence-electron chi connectivity index (χ2n) is 6.51. The Balaban J connectivity index is 1.61. The van der Waals surface area contributed by atoms with Gasteiger partial charge >= 0.3 is 0 Å². The van der Waals surface area contributed by atoms with E-state index in [0.29, 0.717) is 12.2 Å². The molecule has 132 valence electrons. The first-order valence-electron chi connectivity index (χ1n) is 8.77. The van der Waals surface area contributed by atoms with Crippen molar-refractivity contribution in [3.05, 3.63) is 47.9 Å². The SMILES string of the molecule is Cn1nccc1[C@@H]1OCCC[C@H]1CNc1c(C#N)nnc2ccccc12. The van der Waals surface area contributed by atoms with Gasteiger partial charge in [0.2, 0.25) is 0 Å². The minimum atomic E-state index is -0.00431. The Labute approximate surface area is 151 Å². The number of fused-ring (bicyclic) bond motifs is 1. The van der Waals surface area contributed by atoms with Crippen LogP contribution in [0.5, 0.6) is 0 Å². The molecular formula is C19H20N6O. The van der Waals surface area contributed by atoms with Gasteiger partial charge in [-0.3, -0.25) is 4.68 Å². The van der Waals surface area contributed by atoms with Crippen molar-refractivity contribution in [2.45, 2.75) is 18.9 Å². The van der Waals surface area contributed by atoms with Crippen LogP contribution in [0.1, 0.15) is 30.3 Å². The van der Waals surface area contributed by atoms with Crippen molar-refractivity contribution >= 4 is 16.6 Å². The maximum absolute atomic E-state index is 9.42. The van der Waals surface area contributed by atoms with Gasteiger partial charge in [0.1, 0.15) is 12.2 Å². The van der Waals surface area contributed by atoms with E-state index in [1.807, 2.05) is 42.1 Å². The summed E-state index contributed by atoms with van der Waals surface area (Å²) >= 11 is 0. The van der Waals surface area contributed by atoms with Crippen LogP contribution in [-0.4, -0.2) is 33.1 Å². The maximum atomic E-state index is 9.42. The van der Waals surface area contributed by atoms with Gasteiger partial charge in [0.05, 0.1) is 16.9 Å². The van der Waals surface area contributed by atoms with E-state index in [4.69, 9.17) is 4.74 Å². The fourth-order valence-corrected chi connectivity index (χ4v) is 3.59. The Hall–Kier alpha value is -2.98. The van der Waals surface area contributed by atoms with Crippen molar-refractivity contribution in [2.75, 3.05) is 18.5 Å². The maximum Gasteiger partial charge on any atom is 0.186 e. The molecule has 0 spiro atoms. The predicted molar refractivity (Wildman–Crippen MR) is 97.4 cm³/mol. The summed E-state index contributed by atoms with van der Waals surface area (Å²) in [5, 5.41) is 26.2. The molecule has 7 nitrogen and oxygen atoms in total. The molecule has 4 rings (SSSR count). The van der Waals surface area contributed by atoms with E-state index in [9.17, 15) is 5.26 Å². The summed E-state index contributed by atoms with van der Waals surface area (Å²) in [4.78, 5) is 0. The smallest absolute Gasteiger partial charge is 0.186 e. The van der Waals surface area contributed by atoms with E-state index < -0.39 is 0 Å². The van der Waals surface area contributed by atoms with Crippen molar-refractivity contribution in [1.29, 1.82) is 5.26 Å². The molecule has 7 heteroatoms. The van der Waals surface area contributed by atoms with Gasteiger partial charge < -0.3 is 10.1 Å². The third-order valence-electron chi connectivity index (χ3n) is 4.91. The summed E-state index contributed by atoms with van der Waals surface area (Å²) < 4.78 is 7.92. The number of anilines is 1. The van der Waals surface area contributed by atoms with Crippen molar-refractivity contribution in [3.8, 4) is 6.07 Å².